The minimum Gasteiger partial charge on any atom is -0.495 e. The number of nitrogens with zero attached hydrogens (tertiary/aromatic N) is 5. The molecule has 240 valence electrons. The first-order valence-corrected chi connectivity index (χ1v) is 15.9. The summed E-state index contributed by atoms with van der Waals surface area (Å²) in [4.78, 5) is 42.5. The lowest BCUT2D eigenvalue weighted by Crippen LogP contribution is -2.45. The third kappa shape index (κ3) is 5.96. The predicted molar refractivity (Wildman–Crippen MR) is 181 cm³/mol. The van der Waals surface area contributed by atoms with E-state index in [4.69, 9.17) is 42.6 Å². The second-order valence-electron chi connectivity index (χ2n) is 11.6. The van der Waals surface area contributed by atoms with Crippen LogP contribution in [-0.4, -0.2) is 64.8 Å². The lowest BCUT2D eigenvalue weighted by atomic mass is 10.0. The molecule has 11 nitrogen and oxygen atoms in total. The van der Waals surface area contributed by atoms with E-state index in [1.54, 1.807) is 25.4 Å². The molecule has 0 bridgehead atoms. The van der Waals surface area contributed by atoms with E-state index in [9.17, 15) is 9.59 Å². The fourth-order valence-corrected chi connectivity index (χ4v) is 7.08. The van der Waals surface area contributed by atoms with E-state index < -0.39 is 0 Å². The number of hydrogen-bond acceptors (Lipinski definition) is 9. The fraction of sp³-hybridized carbons (Fsp3) is 0.364. The number of methoxy groups -OCH3 is 2. The Morgan fingerprint density at radius 1 is 1.04 bits per heavy atom. The molecule has 13 heteroatoms. The van der Waals surface area contributed by atoms with Crippen molar-refractivity contribution in [2.75, 3.05) is 37.5 Å². The summed E-state index contributed by atoms with van der Waals surface area (Å²) in [5.41, 5.74) is 1.69. The summed E-state index contributed by atoms with van der Waals surface area (Å²) in [5.74, 6) is 2.04. The highest BCUT2D eigenvalue weighted by molar-refractivity contribution is 6.41. The van der Waals surface area contributed by atoms with Crippen molar-refractivity contribution in [2.45, 2.75) is 43.7 Å². The van der Waals surface area contributed by atoms with Crippen molar-refractivity contribution in [1.82, 2.24) is 24.8 Å². The third-order valence-electron chi connectivity index (χ3n) is 8.79. The molecular weight excluding hydrogens is 629 g/mol. The first-order valence-electron chi connectivity index (χ1n) is 15.1. The number of amides is 1. The smallest absolute Gasteiger partial charge is 0.259 e. The predicted octanol–water partition coefficient (Wildman–Crippen LogP) is 5.34. The number of hydrogen-bond donors (Lipinski definition) is 2. The van der Waals surface area contributed by atoms with Crippen molar-refractivity contribution in [3.63, 3.8) is 0 Å². The Morgan fingerprint density at radius 2 is 1.74 bits per heavy atom. The van der Waals surface area contributed by atoms with Crippen LogP contribution in [0.4, 0.5) is 11.8 Å². The van der Waals surface area contributed by atoms with Crippen molar-refractivity contribution in [1.29, 1.82) is 0 Å². The van der Waals surface area contributed by atoms with Gasteiger partial charge in [0, 0.05) is 55.0 Å². The van der Waals surface area contributed by atoms with E-state index in [1.165, 1.54) is 37.7 Å². The molecule has 0 radical (unpaired) electrons. The number of pyridine rings is 2. The molecule has 4 aromatic rings. The van der Waals surface area contributed by atoms with Gasteiger partial charge in [0.2, 0.25) is 11.9 Å². The number of anilines is 2. The Balaban J connectivity index is 1.31. The zero-order valence-electron chi connectivity index (χ0n) is 25.8. The monoisotopic (exact) mass is 663 g/mol. The van der Waals surface area contributed by atoms with Gasteiger partial charge in [-0.25, -0.2) is 9.97 Å². The quantitative estimate of drug-likeness (QED) is 0.228. The Bertz CT molecular complexity index is 1850. The van der Waals surface area contributed by atoms with Crippen LogP contribution in [0.15, 0.2) is 54.0 Å². The first-order chi connectivity index (χ1) is 22.2. The Morgan fingerprint density at radius 3 is 2.41 bits per heavy atom. The zero-order chi connectivity index (χ0) is 32.5. The second-order valence-corrected chi connectivity index (χ2v) is 12.3. The van der Waals surface area contributed by atoms with Gasteiger partial charge in [0.15, 0.2) is 0 Å². The molecule has 2 aliphatic rings. The van der Waals surface area contributed by atoms with Crippen molar-refractivity contribution < 1.29 is 14.3 Å². The maximum atomic E-state index is 13.7. The highest BCUT2D eigenvalue weighted by atomic mass is 35.5. The molecule has 2 N–H and O–H groups in total. The summed E-state index contributed by atoms with van der Waals surface area (Å²) in [6, 6.07) is 8.85. The van der Waals surface area contributed by atoms with Gasteiger partial charge in [-0.05, 0) is 37.1 Å². The molecule has 2 fully saturated rings. The molecule has 1 amide bonds. The molecular formula is C33H35Cl2N7O4. The number of rotatable bonds is 9. The molecule has 1 aliphatic carbocycles. The lowest BCUT2D eigenvalue weighted by molar-refractivity contribution is -0.117. The number of ether oxygens (including phenoxy) is 2. The minimum absolute atomic E-state index is 0.186. The number of carbonyl (C=O) groups excluding carboxylic acids is 1. The average molecular weight is 665 g/mol. The van der Waals surface area contributed by atoms with Crippen molar-refractivity contribution >= 4 is 51.9 Å². The van der Waals surface area contributed by atoms with Crippen LogP contribution in [0.25, 0.3) is 22.2 Å². The van der Waals surface area contributed by atoms with E-state index in [2.05, 4.69) is 39.2 Å². The topological polar surface area (TPSA) is 124 Å². The van der Waals surface area contributed by atoms with E-state index in [0.29, 0.717) is 53.1 Å². The molecule has 1 saturated carbocycles. The van der Waals surface area contributed by atoms with Crippen LogP contribution < -0.4 is 30.6 Å². The summed E-state index contributed by atoms with van der Waals surface area (Å²) >= 11 is 13.3. The van der Waals surface area contributed by atoms with Gasteiger partial charge in [0.05, 0.1) is 41.9 Å². The first kappa shape index (κ1) is 31.6. The number of fused-ring (bicyclic) bond motifs is 1. The van der Waals surface area contributed by atoms with Crippen LogP contribution in [0, 0.1) is 0 Å². The van der Waals surface area contributed by atoms with Gasteiger partial charge >= 0.3 is 0 Å². The van der Waals surface area contributed by atoms with Gasteiger partial charge in [-0.15, -0.1) is 0 Å². The number of halogens is 2. The van der Waals surface area contributed by atoms with Gasteiger partial charge in [0.25, 0.3) is 5.56 Å². The fourth-order valence-electron chi connectivity index (χ4n) is 6.37. The molecule has 2 atom stereocenters. The van der Waals surface area contributed by atoms with Crippen LogP contribution in [0.3, 0.4) is 0 Å². The van der Waals surface area contributed by atoms with Crippen LogP contribution in [0.2, 0.25) is 10.0 Å². The number of benzene rings is 1. The maximum absolute atomic E-state index is 13.7. The van der Waals surface area contributed by atoms with E-state index in [1.807, 2.05) is 6.07 Å². The molecule has 46 heavy (non-hydrogen) atoms. The largest absolute Gasteiger partial charge is 0.495 e. The highest BCUT2D eigenvalue weighted by Crippen LogP contribution is 2.45. The van der Waals surface area contributed by atoms with Crippen molar-refractivity contribution in [2.24, 2.45) is 7.05 Å². The number of aryl methyl sites for hydroxylation is 1. The van der Waals surface area contributed by atoms with Crippen molar-refractivity contribution in [3.05, 3.63) is 75.3 Å². The molecule has 6 rings (SSSR count). The van der Waals surface area contributed by atoms with E-state index >= 15 is 0 Å². The van der Waals surface area contributed by atoms with Crippen molar-refractivity contribution in [3.8, 4) is 22.6 Å². The van der Waals surface area contributed by atoms with E-state index in [0.717, 1.165) is 24.4 Å². The normalized spacial score (nSPS) is 18.2. The highest BCUT2D eigenvalue weighted by Gasteiger charge is 2.35. The summed E-state index contributed by atoms with van der Waals surface area (Å²) in [6.45, 7) is 4.70. The SMILES string of the molecule is C=CC(=O)NC1CN(c2cccc(C3CCCC3)n2)CC1Nc1ncc2cc(-c3c(Cl)c(OC)cc(OC)c3Cl)c(=O)n(C)c2n1. The number of carbonyl (C=O) groups is 1. The van der Waals surface area contributed by atoms with Crippen LogP contribution >= 0.6 is 23.2 Å². The molecule has 1 aromatic carbocycles. The van der Waals surface area contributed by atoms with Gasteiger partial charge in [-0.2, -0.15) is 4.98 Å². The Labute approximate surface area is 276 Å². The van der Waals surface area contributed by atoms with Crippen LogP contribution in [0.5, 0.6) is 11.5 Å². The maximum Gasteiger partial charge on any atom is 0.259 e. The van der Waals surface area contributed by atoms with Gasteiger partial charge in [-0.3, -0.25) is 14.2 Å². The second kappa shape index (κ2) is 13.2. The molecule has 1 aliphatic heterocycles. The van der Waals surface area contributed by atoms with Gasteiger partial charge in [-0.1, -0.05) is 48.7 Å². The van der Waals surface area contributed by atoms with Gasteiger partial charge < -0.3 is 25.0 Å². The standard InChI is InChI=1S/C33H35Cl2N7O4/c1-5-27(43)38-22-16-42(26-12-8-11-21(37-26)18-9-6-7-10-18)17-23(22)39-33-36-15-19-13-20(32(44)41(2)31(19)40-33)28-29(34)24(45-3)14-25(46-4)30(28)35/h5,8,11-15,18,22-23H,1,6-7,9-10,16-17H2,2-4H3,(H,38,43)(H,36,39,40). The minimum atomic E-state index is -0.368. The molecule has 3 aromatic heterocycles. The van der Waals surface area contributed by atoms with Crippen LogP contribution in [0.1, 0.15) is 37.3 Å². The third-order valence-corrected chi connectivity index (χ3v) is 9.54. The Kier molecular flexibility index (Phi) is 9.06. The van der Waals surface area contributed by atoms with E-state index in [-0.39, 0.29) is 39.2 Å². The molecule has 1 saturated heterocycles. The molecule has 2 unspecified atom stereocenters. The zero-order valence-corrected chi connectivity index (χ0v) is 27.4. The molecule has 4 heterocycles. The Hall–Kier alpha value is -4.35. The van der Waals surface area contributed by atoms with Crippen LogP contribution in [-0.2, 0) is 11.8 Å². The summed E-state index contributed by atoms with van der Waals surface area (Å²) < 4.78 is 12.2. The summed E-state index contributed by atoms with van der Waals surface area (Å²) in [7, 11) is 4.57. The van der Waals surface area contributed by atoms with Gasteiger partial charge in [0.1, 0.15) is 23.0 Å². The number of nitrogens with one attached hydrogen (secondary N) is 2. The average Bonchev–Trinajstić information content (AvgIpc) is 3.75. The summed E-state index contributed by atoms with van der Waals surface area (Å²) in [6.07, 6.45) is 7.68. The summed E-state index contributed by atoms with van der Waals surface area (Å²) in [5, 5.41) is 7.39. The lowest BCUT2D eigenvalue weighted by Gasteiger charge is -2.20. The molecule has 0 spiro atoms. The number of aromatic nitrogens is 4.